The minimum absolute atomic E-state index is 0.210. The van der Waals surface area contributed by atoms with Crippen molar-refractivity contribution < 1.29 is 17.9 Å². The molecule has 32 heavy (non-hydrogen) atoms. The van der Waals surface area contributed by atoms with Crippen LogP contribution in [-0.4, -0.2) is 48.4 Å². The van der Waals surface area contributed by atoms with Gasteiger partial charge in [-0.1, -0.05) is 18.0 Å². The first-order valence-electron chi connectivity index (χ1n) is 10.2. The van der Waals surface area contributed by atoms with E-state index in [1.54, 1.807) is 53.2 Å². The van der Waals surface area contributed by atoms with Crippen molar-refractivity contribution in [2.24, 2.45) is 0 Å². The second-order valence-corrected chi connectivity index (χ2v) is 9.77. The van der Waals surface area contributed by atoms with E-state index in [1.807, 2.05) is 0 Å². The van der Waals surface area contributed by atoms with Gasteiger partial charge >= 0.3 is 0 Å². The maximum Gasteiger partial charge on any atom is 0.275 e. The lowest BCUT2D eigenvalue weighted by Gasteiger charge is -2.25. The zero-order valence-corrected chi connectivity index (χ0v) is 19.1. The van der Waals surface area contributed by atoms with Crippen molar-refractivity contribution in [1.82, 2.24) is 13.9 Å². The number of imidazole rings is 1. The van der Waals surface area contributed by atoms with Crippen LogP contribution in [0.15, 0.2) is 59.9 Å². The normalized spacial score (nSPS) is 14.8. The van der Waals surface area contributed by atoms with Gasteiger partial charge in [0.1, 0.15) is 17.8 Å². The van der Waals surface area contributed by atoms with Crippen molar-refractivity contribution in [2.75, 3.05) is 25.5 Å². The summed E-state index contributed by atoms with van der Waals surface area (Å²) in [5, 5.41) is 3.13. The van der Waals surface area contributed by atoms with Crippen LogP contribution in [0.5, 0.6) is 5.75 Å². The van der Waals surface area contributed by atoms with Crippen LogP contribution < -0.4 is 10.1 Å². The second kappa shape index (κ2) is 9.32. The number of sulfonamides is 1. The zero-order chi connectivity index (χ0) is 22.7. The first-order valence-corrected chi connectivity index (χ1v) is 12.0. The highest BCUT2D eigenvalue weighted by Crippen LogP contribution is 2.27. The summed E-state index contributed by atoms with van der Waals surface area (Å²) >= 11 is 6.10. The molecule has 1 aromatic heterocycles. The third-order valence-electron chi connectivity index (χ3n) is 5.31. The summed E-state index contributed by atoms with van der Waals surface area (Å²) in [7, 11) is -1.97. The lowest BCUT2D eigenvalue weighted by atomic mass is 10.2. The molecule has 2 aromatic carbocycles. The topological polar surface area (TPSA) is 93.5 Å². The Labute approximate surface area is 191 Å². The number of aromatic nitrogens is 2. The first kappa shape index (κ1) is 22.3. The predicted octanol–water partition coefficient (Wildman–Crippen LogP) is 3.96. The Morgan fingerprint density at radius 2 is 1.81 bits per heavy atom. The predicted molar refractivity (Wildman–Crippen MR) is 122 cm³/mol. The average molecular weight is 475 g/mol. The molecule has 1 aliphatic heterocycles. The lowest BCUT2D eigenvalue weighted by molar-refractivity contribution is 0.102. The van der Waals surface area contributed by atoms with Crippen molar-refractivity contribution in [3.8, 4) is 11.4 Å². The van der Waals surface area contributed by atoms with Crippen molar-refractivity contribution in [2.45, 2.75) is 24.2 Å². The number of benzene rings is 2. The van der Waals surface area contributed by atoms with E-state index < -0.39 is 15.9 Å². The van der Waals surface area contributed by atoms with Gasteiger partial charge in [-0.2, -0.15) is 4.31 Å². The SMILES string of the molecule is COc1ccc(NC(=O)c2cn(-c3ccc(S(=O)(=O)N4CCCCC4)cc3)cn2)cc1Cl. The number of hydrogen-bond donors (Lipinski definition) is 1. The molecule has 0 spiro atoms. The molecule has 1 saturated heterocycles. The Balaban J connectivity index is 1.47. The summed E-state index contributed by atoms with van der Waals surface area (Å²) in [6.45, 7) is 1.12. The molecule has 3 aromatic rings. The molecule has 0 unspecified atom stereocenters. The van der Waals surface area contributed by atoms with Gasteiger partial charge < -0.3 is 14.6 Å². The molecule has 0 saturated carbocycles. The second-order valence-electron chi connectivity index (χ2n) is 7.43. The van der Waals surface area contributed by atoms with Crippen molar-refractivity contribution >= 4 is 33.2 Å². The number of amides is 1. The van der Waals surface area contributed by atoms with Crippen molar-refractivity contribution in [3.05, 3.63) is 65.7 Å². The third-order valence-corrected chi connectivity index (χ3v) is 7.52. The van der Waals surface area contributed by atoms with Crippen LogP contribution in [0.25, 0.3) is 5.69 Å². The molecule has 1 aliphatic rings. The summed E-state index contributed by atoms with van der Waals surface area (Å²) in [4.78, 5) is 17.0. The highest BCUT2D eigenvalue weighted by Gasteiger charge is 2.25. The van der Waals surface area contributed by atoms with E-state index in [1.165, 1.54) is 17.7 Å². The van der Waals surface area contributed by atoms with Gasteiger partial charge in [-0.05, 0) is 55.3 Å². The number of nitrogens with zero attached hydrogens (tertiary/aromatic N) is 3. The molecular formula is C22H23ClN4O4S. The average Bonchev–Trinajstić information content (AvgIpc) is 3.30. The standard InChI is InChI=1S/C22H23ClN4O4S/c1-31-21-10-5-16(13-19(21)23)25-22(28)20-14-26(15-24-20)17-6-8-18(9-7-17)32(29,30)27-11-3-2-4-12-27/h5-10,13-15H,2-4,11-12H2,1H3,(H,25,28). The van der Waals surface area contributed by atoms with Gasteiger partial charge in [0, 0.05) is 30.7 Å². The number of anilines is 1. The molecule has 0 aliphatic carbocycles. The van der Waals surface area contributed by atoms with Crippen LogP contribution in [0.1, 0.15) is 29.8 Å². The summed E-state index contributed by atoms with van der Waals surface area (Å²) in [6.07, 6.45) is 5.92. The van der Waals surface area contributed by atoms with E-state index in [9.17, 15) is 13.2 Å². The van der Waals surface area contributed by atoms with Gasteiger partial charge in [0.25, 0.3) is 5.91 Å². The molecular weight excluding hydrogens is 452 g/mol. The smallest absolute Gasteiger partial charge is 0.275 e. The van der Waals surface area contributed by atoms with Gasteiger partial charge in [-0.3, -0.25) is 4.79 Å². The Morgan fingerprint density at radius 1 is 1.09 bits per heavy atom. The van der Waals surface area contributed by atoms with E-state index in [2.05, 4.69) is 10.3 Å². The van der Waals surface area contributed by atoms with Crippen LogP contribution in [0.4, 0.5) is 5.69 Å². The fourth-order valence-electron chi connectivity index (χ4n) is 3.57. The maximum atomic E-state index is 12.8. The van der Waals surface area contributed by atoms with E-state index in [0.717, 1.165) is 19.3 Å². The Bertz CT molecular complexity index is 1220. The minimum atomic E-state index is -3.49. The van der Waals surface area contributed by atoms with Crippen LogP contribution in [-0.2, 0) is 10.0 Å². The highest BCUT2D eigenvalue weighted by molar-refractivity contribution is 7.89. The number of methoxy groups -OCH3 is 1. The molecule has 0 bridgehead atoms. The van der Waals surface area contributed by atoms with E-state index in [0.29, 0.717) is 35.2 Å². The minimum Gasteiger partial charge on any atom is -0.495 e. The summed E-state index contributed by atoms with van der Waals surface area (Å²) in [5.74, 6) is 0.119. The van der Waals surface area contributed by atoms with Crippen molar-refractivity contribution in [1.29, 1.82) is 0 Å². The number of piperidine rings is 1. The fourth-order valence-corrected chi connectivity index (χ4v) is 5.34. The van der Waals surface area contributed by atoms with Crippen LogP contribution in [0.3, 0.4) is 0 Å². The molecule has 2 heterocycles. The van der Waals surface area contributed by atoms with Crippen LogP contribution in [0.2, 0.25) is 5.02 Å². The molecule has 1 N–H and O–H groups in total. The summed E-state index contributed by atoms with van der Waals surface area (Å²) in [5.41, 5.74) is 1.42. The van der Waals surface area contributed by atoms with Crippen LogP contribution >= 0.6 is 11.6 Å². The third kappa shape index (κ3) is 4.64. The Kier molecular flexibility index (Phi) is 6.50. The number of carbonyl (C=O) groups is 1. The quantitative estimate of drug-likeness (QED) is 0.583. The molecule has 0 atom stereocenters. The number of rotatable bonds is 6. The van der Waals surface area contributed by atoms with Gasteiger partial charge in [0.05, 0.1) is 17.0 Å². The molecule has 1 fully saturated rings. The van der Waals surface area contributed by atoms with Gasteiger partial charge in [0.2, 0.25) is 10.0 Å². The Hall–Kier alpha value is -2.88. The van der Waals surface area contributed by atoms with Crippen LogP contribution in [0, 0.1) is 0 Å². The lowest BCUT2D eigenvalue weighted by Crippen LogP contribution is -2.35. The molecule has 4 rings (SSSR count). The molecule has 1 amide bonds. The summed E-state index contributed by atoms with van der Waals surface area (Å²) in [6, 6.07) is 11.5. The largest absolute Gasteiger partial charge is 0.495 e. The number of carbonyl (C=O) groups excluding carboxylic acids is 1. The molecule has 10 heteroatoms. The number of hydrogen-bond acceptors (Lipinski definition) is 5. The molecule has 168 valence electrons. The van der Waals surface area contributed by atoms with E-state index >= 15 is 0 Å². The molecule has 0 radical (unpaired) electrons. The Morgan fingerprint density at radius 3 is 2.47 bits per heavy atom. The summed E-state index contributed by atoms with van der Waals surface area (Å²) < 4.78 is 33.9. The molecule has 8 nitrogen and oxygen atoms in total. The van der Waals surface area contributed by atoms with Gasteiger partial charge in [-0.15, -0.1) is 0 Å². The fraction of sp³-hybridized carbons (Fsp3) is 0.273. The van der Waals surface area contributed by atoms with E-state index in [4.69, 9.17) is 16.3 Å². The number of ether oxygens (including phenoxy) is 1. The van der Waals surface area contributed by atoms with Gasteiger partial charge in [-0.25, -0.2) is 13.4 Å². The van der Waals surface area contributed by atoms with E-state index in [-0.39, 0.29) is 10.6 Å². The monoisotopic (exact) mass is 474 g/mol. The van der Waals surface area contributed by atoms with Gasteiger partial charge in [0.15, 0.2) is 0 Å². The zero-order valence-electron chi connectivity index (χ0n) is 17.5. The number of nitrogens with one attached hydrogen (secondary N) is 1. The first-order chi connectivity index (χ1) is 15.4. The van der Waals surface area contributed by atoms with Crippen molar-refractivity contribution in [3.63, 3.8) is 0 Å². The number of halogens is 1. The maximum absolute atomic E-state index is 12.8. The highest BCUT2D eigenvalue weighted by atomic mass is 35.5.